The standard InChI is InChI=1S/C22H32N2O6/c1-10-28-18(25)15(3)13-16-12-11-14(2)17(23-16)24(19(26)29-21(4,5)6)20(27)30-22(7,8)9/h11-12H,3,10,13H2,1-2,4-9H3. The molecule has 0 aliphatic heterocycles. The lowest BCUT2D eigenvalue weighted by Gasteiger charge is -2.28. The molecule has 30 heavy (non-hydrogen) atoms. The topological polar surface area (TPSA) is 95.0 Å². The number of hydrogen-bond acceptors (Lipinski definition) is 7. The number of rotatable bonds is 5. The van der Waals surface area contributed by atoms with Crippen molar-refractivity contribution < 1.29 is 28.6 Å². The SMILES string of the molecule is C=C(Cc1ccc(C)c(N(C(=O)OC(C)(C)C)C(=O)OC(C)(C)C)n1)C(=O)OCC. The Bertz CT molecular complexity index is 790. The second kappa shape index (κ2) is 9.73. The van der Waals surface area contributed by atoms with Crippen LogP contribution in [0.5, 0.6) is 0 Å². The zero-order valence-corrected chi connectivity index (χ0v) is 19.1. The van der Waals surface area contributed by atoms with Gasteiger partial charge in [-0.25, -0.2) is 19.4 Å². The Balaban J connectivity index is 3.34. The number of carbonyl (C=O) groups is 3. The van der Waals surface area contributed by atoms with Crippen molar-refractivity contribution in [3.8, 4) is 0 Å². The Hall–Kier alpha value is -2.90. The van der Waals surface area contributed by atoms with E-state index in [0.717, 1.165) is 4.90 Å². The number of imide groups is 1. The second-order valence-electron chi connectivity index (χ2n) is 8.74. The average Bonchev–Trinajstić information content (AvgIpc) is 2.54. The summed E-state index contributed by atoms with van der Waals surface area (Å²) in [6.07, 6.45) is -1.72. The predicted molar refractivity (Wildman–Crippen MR) is 113 cm³/mol. The molecule has 0 radical (unpaired) electrons. The average molecular weight is 421 g/mol. The Kier molecular flexibility index (Phi) is 8.16. The third-order valence-electron chi connectivity index (χ3n) is 3.45. The number of pyridine rings is 1. The third-order valence-corrected chi connectivity index (χ3v) is 3.45. The third kappa shape index (κ3) is 7.85. The van der Waals surface area contributed by atoms with Crippen LogP contribution >= 0.6 is 0 Å². The molecule has 0 aliphatic rings. The van der Waals surface area contributed by atoms with Gasteiger partial charge >= 0.3 is 18.2 Å². The van der Waals surface area contributed by atoms with E-state index in [2.05, 4.69) is 11.6 Å². The van der Waals surface area contributed by atoms with E-state index in [1.807, 2.05) is 0 Å². The van der Waals surface area contributed by atoms with Gasteiger partial charge in [0.05, 0.1) is 6.61 Å². The van der Waals surface area contributed by atoms with Gasteiger partial charge in [0.1, 0.15) is 11.2 Å². The van der Waals surface area contributed by atoms with Gasteiger partial charge in [0.2, 0.25) is 0 Å². The molecule has 8 nitrogen and oxygen atoms in total. The molecule has 0 fully saturated rings. The fourth-order valence-corrected chi connectivity index (χ4v) is 2.27. The number of esters is 1. The normalized spacial score (nSPS) is 11.5. The van der Waals surface area contributed by atoms with Crippen LogP contribution in [0.25, 0.3) is 0 Å². The molecule has 0 unspecified atom stereocenters. The highest BCUT2D eigenvalue weighted by Crippen LogP contribution is 2.24. The van der Waals surface area contributed by atoms with Crippen molar-refractivity contribution in [2.75, 3.05) is 11.5 Å². The first kappa shape index (κ1) is 25.1. The second-order valence-corrected chi connectivity index (χ2v) is 8.74. The first-order valence-corrected chi connectivity index (χ1v) is 9.72. The lowest BCUT2D eigenvalue weighted by molar-refractivity contribution is -0.138. The molecule has 0 aliphatic carbocycles. The van der Waals surface area contributed by atoms with Crippen LogP contribution in [-0.2, 0) is 25.4 Å². The van der Waals surface area contributed by atoms with Crippen LogP contribution in [0.4, 0.5) is 15.4 Å². The van der Waals surface area contributed by atoms with E-state index >= 15 is 0 Å². The van der Waals surface area contributed by atoms with Crippen molar-refractivity contribution in [3.05, 3.63) is 35.5 Å². The summed E-state index contributed by atoms with van der Waals surface area (Å²) in [7, 11) is 0. The van der Waals surface area contributed by atoms with Gasteiger partial charge in [0.15, 0.2) is 5.82 Å². The lowest BCUT2D eigenvalue weighted by atomic mass is 10.1. The molecule has 8 heteroatoms. The van der Waals surface area contributed by atoms with Gasteiger partial charge in [-0.3, -0.25) is 0 Å². The molecule has 0 saturated carbocycles. The molecule has 166 valence electrons. The molecule has 2 amide bonds. The quantitative estimate of drug-likeness (QED) is 0.386. The Morgan fingerprint density at radius 1 is 1.00 bits per heavy atom. The molecule has 0 spiro atoms. The van der Waals surface area contributed by atoms with Crippen LogP contribution in [0.15, 0.2) is 24.3 Å². The van der Waals surface area contributed by atoms with E-state index in [9.17, 15) is 14.4 Å². The van der Waals surface area contributed by atoms with Crippen molar-refractivity contribution in [1.29, 1.82) is 0 Å². The van der Waals surface area contributed by atoms with E-state index in [1.165, 1.54) is 0 Å². The first-order chi connectivity index (χ1) is 13.6. The van der Waals surface area contributed by atoms with E-state index in [-0.39, 0.29) is 24.4 Å². The van der Waals surface area contributed by atoms with Crippen LogP contribution in [0.2, 0.25) is 0 Å². The molecule has 1 rings (SSSR count). The minimum absolute atomic E-state index is 0.0626. The monoisotopic (exact) mass is 420 g/mol. The zero-order valence-electron chi connectivity index (χ0n) is 19.1. The number of amides is 2. The van der Waals surface area contributed by atoms with Crippen molar-refractivity contribution in [1.82, 2.24) is 4.98 Å². The van der Waals surface area contributed by atoms with Gasteiger partial charge in [0, 0.05) is 17.7 Å². The van der Waals surface area contributed by atoms with Gasteiger partial charge in [-0.05, 0) is 67.0 Å². The van der Waals surface area contributed by atoms with Gasteiger partial charge in [0.25, 0.3) is 0 Å². The molecule has 0 N–H and O–H groups in total. The summed E-state index contributed by atoms with van der Waals surface area (Å²) < 4.78 is 15.7. The molecular weight excluding hydrogens is 388 g/mol. The molecule has 1 heterocycles. The largest absolute Gasteiger partial charge is 0.463 e. The number of aromatic nitrogens is 1. The highest BCUT2D eigenvalue weighted by molar-refractivity contribution is 6.09. The van der Waals surface area contributed by atoms with Crippen molar-refractivity contribution in [3.63, 3.8) is 0 Å². The number of carbonyl (C=O) groups excluding carboxylic acids is 3. The molecule has 0 aromatic carbocycles. The number of aryl methyl sites for hydroxylation is 1. The highest BCUT2D eigenvalue weighted by atomic mass is 16.6. The van der Waals surface area contributed by atoms with Gasteiger partial charge in [-0.15, -0.1) is 0 Å². The van der Waals surface area contributed by atoms with E-state index < -0.39 is 29.4 Å². The Labute approximate surface area is 178 Å². The van der Waals surface area contributed by atoms with Crippen LogP contribution in [0, 0.1) is 6.92 Å². The predicted octanol–water partition coefficient (Wildman–Crippen LogP) is 4.73. The Morgan fingerprint density at radius 3 is 1.93 bits per heavy atom. The van der Waals surface area contributed by atoms with Gasteiger partial charge < -0.3 is 14.2 Å². The zero-order chi connectivity index (χ0) is 23.3. The number of ether oxygens (including phenoxy) is 3. The maximum atomic E-state index is 12.8. The molecule has 1 aromatic heterocycles. The minimum Gasteiger partial charge on any atom is -0.463 e. The van der Waals surface area contributed by atoms with Gasteiger partial charge in [-0.2, -0.15) is 4.90 Å². The van der Waals surface area contributed by atoms with E-state index in [1.54, 1.807) is 67.5 Å². The smallest absolute Gasteiger partial charge is 0.425 e. The summed E-state index contributed by atoms with van der Waals surface area (Å²) in [6, 6.07) is 3.38. The Morgan fingerprint density at radius 2 is 1.50 bits per heavy atom. The summed E-state index contributed by atoms with van der Waals surface area (Å²) in [4.78, 5) is 42.7. The first-order valence-electron chi connectivity index (χ1n) is 9.72. The number of nitrogens with zero attached hydrogens (tertiary/aromatic N) is 2. The molecular formula is C22H32N2O6. The number of hydrogen-bond donors (Lipinski definition) is 0. The fraction of sp³-hybridized carbons (Fsp3) is 0.545. The maximum absolute atomic E-state index is 12.8. The van der Waals surface area contributed by atoms with Crippen LogP contribution in [0.1, 0.15) is 59.7 Å². The van der Waals surface area contributed by atoms with Crippen LogP contribution in [0.3, 0.4) is 0 Å². The van der Waals surface area contributed by atoms with Crippen molar-refractivity contribution in [2.45, 2.75) is 73.0 Å². The summed E-state index contributed by atoms with van der Waals surface area (Å²) in [5.74, 6) is -0.467. The fourth-order valence-electron chi connectivity index (χ4n) is 2.27. The number of anilines is 1. The van der Waals surface area contributed by atoms with E-state index in [0.29, 0.717) is 11.3 Å². The summed E-state index contributed by atoms with van der Waals surface area (Å²) in [5.41, 5.74) is -0.467. The minimum atomic E-state index is -0.909. The summed E-state index contributed by atoms with van der Waals surface area (Å²) >= 11 is 0. The van der Waals surface area contributed by atoms with Crippen LogP contribution in [-0.4, -0.2) is 40.9 Å². The summed E-state index contributed by atoms with van der Waals surface area (Å²) in [5, 5.41) is 0. The van der Waals surface area contributed by atoms with Crippen LogP contribution < -0.4 is 4.90 Å². The highest BCUT2D eigenvalue weighted by Gasteiger charge is 2.34. The maximum Gasteiger partial charge on any atom is 0.425 e. The van der Waals surface area contributed by atoms with Crippen molar-refractivity contribution >= 4 is 24.0 Å². The van der Waals surface area contributed by atoms with E-state index in [4.69, 9.17) is 14.2 Å². The lowest BCUT2D eigenvalue weighted by Crippen LogP contribution is -2.44. The molecule has 1 aromatic rings. The summed E-state index contributed by atoms with van der Waals surface area (Å²) in [6.45, 7) is 17.5. The molecule has 0 bridgehead atoms. The van der Waals surface area contributed by atoms with Crippen molar-refractivity contribution in [2.24, 2.45) is 0 Å². The molecule has 0 atom stereocenters. The molecule has 0 saturated heterocycles. The van der Waals surface area contributed by atoms with Gasteiger partial charge in [-0.1, -0.05) is 12.6 Å².